The number of aliphatic carboxylic acids is 1. The number of hydrogen-bond acceptors (Lipinski definition) is 3. The van der Waals surface area contributed by atoms with E-state index >= 15 is 0 Å². The molecular formula is C10H19NO4S. The number of rotatable bonds is 7. The van der Waals surface area contributed by atoms with Gasteiger partial charge in [-0.05, 0) is 12.8 Å². The summed E-state index contributed by atoms with van der Waals surface area (Å²) < 4.78 is 11.8. The molecule has 16 heavy (non-hydrogen) atoms. The van der Waals surface area contributed by atoms with Crippen molar-refractivity contribution in [1.82, 2.24) is 5.32 Å². The molecule has 0 aromatic rings. The second-order valence-corrected chi connectivity index (χ2v) is 5.34. The van der Waals surface area contributed by atoms with Gasteiger partial charge in [0.05, 0.1) is 5.75 Å². The number of carbonyl (C=O) groups excluding carboxylic acids is 1. The Balaban J connectivity index is 4.44. The molecule has 0 aromatic heterocycles. The summed E-state index contributed by atoms with van der Waals surface area (Å²) in [4.78, 5) is 21.6. The minimum atomic E-state index is -1.22. The van der Waals surface area contributed by atoms with Crippen molar-refractivity contribution < 1.29 is 18.9 Å². The Morgan fingerprint density at radius 2 is 1.81 bits per heavy atom. The van der Waals surface area contributed by atoms with Gasteiger partial charge in [-0.1, -0.05) is 13.8 Å². The van der Waals surface area contributed by atoms with Crippen molar-refractivity contribution in [1.29, 1.82) is 0 Å². The monoisotopic (exact) mass is 249 g/mol. The van der Waals surface area contributed by atoms with Crippen molar-refractivity contribution in [3.05, 3.63) is 0 Å². The van der Waals surface area contributed by atoms with E-state index < -0.39 is 28.7 Å². The maximum absolute atomic E-state index is 11.8. The van der Waals surface area contributed by atoms with Crippen LogP contribution in [0.15, 0.2) is 0 Å². The Bertz CT molecular complexity index is 276. The van der Waals surface area contributed by atoms with Crippen LogP contribution in [0.3, 0.4) is 0 Å². The van der Waals surface area contributed by atoms with E-state index in [0.717, 1.165) is 12.8 Å². The standard InChI is InChI=1S/C10H19NO4S/c1-4-8(5-2)16(15)6-9(10(13)14)11-7(3)12/h8-9H,4-6H2,1-3H3,(H,11,12)(H,13,14)/t9-,16?/m0/s1. The lowest BCUT2D eigenvalue weighted by Crippen LogP contribution is -2.44. The van der Waals surface area contributed by atoms with E-state index in [9.17, 15) is 13.8 Å². The van der Waals surface area contributed by atoms with Crippen molar-refractivity contribution in [3.63, 3.8) is 0 Å². The first-order valence-corrected chi connectivity index (χ1v) is 6.67. The third-order valence-electron chi connectivity index (χ3n) is 2.29. The third-order valence-corrected chi connectivity index (χ3v) is 4.36. The van der Waals surface area contributed by atoms with Crippen molar-refractivity contribution in [2.75, 3.05) is 5.75 Å². The van der Waals surface area contributed by atoms with Gasteiger partial charge in [-0.3, -0.25) is 9.00 Å². The van der Waals surface area contributed by atoms with E-state index in [-0.39, 0.29) is 11.0 Å². The smallest absolute Gasteiger partial charge is 0.327 e. The molecule has 2 N–H and O–H groups in total. The highest BCUT2D eigenvalue weighted by molar-refractivity contribution is 7.85. The van der Waals surface area contributed by atoms with Crippen LogP contribution in [-0.2, 0) is 20.4 Å². The fourth-order valence-electron chi connectivity index (χ4n) is 1.38. The van der Waals surface area contributed by atoms with Crippen LogP contribution in [0, 0.1) is 0 Å². The molecule has 0 bridgehead atoms. The van der Waals surface area contributed by atoms with Crippen LogP contribution in [0.4, 0.5) is 0 Å². The minimum Gasteiger partial charge on any atom is -0.480 e. The molecule has 0 aliphatic rings. The van der Waals surface area contributed by atoms with Crippen LogP contribution in [0.5, 0.6) is 0 Å². The predicted octanol–water partition coefficient (Wildman–Crippen LogP) is 0.513. The second kappa shape index (κ2) is 7.38. The van der Waals surface area contributed by atoms with Crippen molar-refractivity contribution in [3.8, 4) is 0 Å². The Labute approximate surface area is 98.1 Å². The van der Waals surface area contributed by atoms with Gasteiger partial charge < -0.3 is 10.4 Å². The fraction of sp³-hybridized carbons (Fsp3) is 0.800. The Morgan fingerprint density at radius 3 is 2.12 bits per heavy atom. The molecule has 1 unspecified atom stereocenters. The zero-order valence-corrected chi connectivity index (χ0v) is 10.7. The lowest BCUT2D eigenvalue weighted by molar-refractivity contribution is -0.140. The summed E-state index contributed by atoms with van der Waals surface area (Å²) in [5.41, 5.74) is 0. The molecule has 0 spiro atoms. The van der Waals surface area contributed by atoms with Gasteiger partial charge in [0.25, 0.3) is 0 Å². The van der Waals surface area contributed by atoms with Crippen molar-refractivity contribution in [2.24, 2.45) is 0 Å². The summed E-state index contributed by atoms with van der Waals surface area (Å²) in [6.45, 7) is 5.08. The maximum atomic E-state index is 11.8. The molecule has 5 nitrogen and oxygen atoms in total. The van der Waals surface area contributed by atoms with Crippen LogP contribution >= 0.6 is 0 Å². The summed E-state index contributed by atoms with van der Waals surface area (Å²) in [5.74, 6) is -1.59. The Morgan fingerprint density at radius 1 is 1.31 bits per heavy atom. The normalized spacial score (nSPS) is 14.5. The van der Waals surface area contributed by atoms with Gasteiger partial charge in [0, 0.05) is 23.0 Å². The summed E-state index contributed by atoms with van der Waals surface area (Å²) in [6.07, 6.45) is 1.49. The molecule has 6 heteroatoms. The Kier molecular flexibility index (Phi) is 6.96. The largest absolute Gasteiger partial charge is 0.480 e. The van der Waals surface area contributed by atoms with E-state index in [1.807, 2.05) is 13.8 Å². The minimum absolute atomic E-state index is 0.00407. The number of carboxylic acid groups (broad SMARTS) is 1. The van der Waals surface area contributed by atoms with E-state index in [1.54, 1.807) is 0 Å². The molecule has 0 aromatic carbocycles. The number of nitrogens with one attached hydrogen (secondary N) is 1. The van der Waals surface area contributed by atoms with Gasteiger partial charge in [0.2, 0.25) is 5.91 Å². The SMILES string of the molecule is CCC(CC)S(=O)C[C@H](NC(C)=O)C(=O)O. The predicted molar refractivity (Wildman–Crippen MR) is 62.6 cm³/mol. The van der Waals surface area contributed by atoms with Crippen LogP contribution < -0.4 is 5.32 Å². The zero-order valence-electron chi connectivity index (χ0n) is 9.86. The van der Waals surface area contributed by atoms with Crippen LogP contribution in [0.25, 0.3) is 0 Å². The van der Waals surface area contributed by atoms with Crippen molar-refractivity contribution >= 4 is 22.7 Å². The Hall–Kier alpha value is -0.910. The van der Waals surface area contributed by atoms with Crippen LogP contribution in [0.2, 0.25) is 0 Å². The maximum Gasteiger partial charge on any atom is 0.327 e. The molecule has 0 saturated heterocycles. The van der Waals surface area contributed by atoms with Crippen LogP contribution in [-0.4, -0.2) is 38.2 Å². The highest BCUT2D eigenvalue weighted by Gasteiger charge is 2.24. The molecule has 1 amide bonds. The average Bonchev–Trinajstić information content (AvgIpc) is 2.17. The fourth-order valence-corrected chi connectivity index (χ4v) is 2.95. The molecule has 0 aliphatic heterocycles. The number of amides is 1. The summed E-state index contributed by atoms with van der Waals surface area (Å²) in [6, 6.07) is -1.06. The molecule has 0 aliphatic carbocycles. The number of hydrogen-bond donors (Lipinski definition) is 2. The van der Waals surface area contributed by atoms with Gasteiger partial charge in [-0.15, -0.1) is 0 Å². The van der Waals surface area contributed by atoms with Crippen LogP contribution in [0.1, 0.15) is 33.6 Å². The molecule has 0 saturated carbocycles. The van der Waals surface area contributed by atoms with E-state index in [1.165, 1.54) is 6.92 Å². The first kappa shape index (κ1) is 15.1. The molecule has 0 radical (unpaired) electrons. The number of carbonyl (C=O) groups is 2. The lowest BCUT2D eigenvalue weighted by atomic mass is 10.3. The molecule has 0 fully saturated rings. The van der Waals surface area contributed by atoms with Gasteiger partial charge in [-0.2, -0.15) is 0 Å². The number of carboxylic acids is 1. The molecular weight excluding hydrogens is 230 g/mol. The highest BCUT2D eigenvalue weighted by atomic mass is 32.2. The summed E-state index contributed by atoms with van der Waals surface area (Å²) in [7, 11) is -1.22. The molecule has 94 valence electrons. The van der Waals surface area contributed by atoms with Crippen molar-refractivity contribution in [2.45, 2.75) is 44.9 Å². The first-order chi connectivity index (χ1) is 7.42. The average molecular weight is 249 g/mol. The van der Waals surface area contributed by atoms with Gasteiger partial charge in [-0.25, -0.2) is 4.79 Å². The first-order valence-electron chi connectivity index (χ1n) is 5.29. The van der Waals surface area contributed by atoms with E-state index in [0.29, 0.717) is 0 Å². The van der Waals surface area contributed by atoms with E-state index in [2.05, 4.69) is 5.32 Å². The topological polar surface area (TPSA) is 83.5 Å². The quantitative estimate of drug-likeness (QED) is 0.688. The lowest BCUT2D eigenvalue weighted by Gasteiger charge is -2.17. The zero-order chi connectivity index (χ0) is 12.7. The van der Waals surface area contributed by atoms with Gasteiger partial charge in [0.1, 0.15) is 6.04 Å². The van der Waals surface area contributed by atoms with Gasteiger partial charge >= 0.3 is 5.97 Å². The molecule has 0 heterocycles. The summed E-state index contributed by atoms with van der Waals surface area (Å²) >= 11 is 0. The second-order valence-electron chi connectivity index (χ2n) is 3.58. The highest BCUT2D eigenvalue weighted by Crippen LogP contribution is 2.08. The van der Waals surface area contributed by atoms with Gasteiger partial charge in [0.15, 0.2) is 0 Å². The van der Waals surface area contributed by atoms with E-state index in [4.69, 9.17) is 5.11 Å². The summed E-state index contributed by atoms with van der Waals surface area (Å²) in [5, 5.41) is 11.1. The third kappa shape index (κ3) is 5.25. The molecule has 2 atom stereocenters. The molecule has 0 rings (SSSR count).